The molecule has 3 aliphatic carbocycles. The molecule has 8 unspecified atom stereocenters. The van der Waals surface area contributed by atoms with E-state index >= 15 is 0 Å². The second kappa shape index (κ2) is 40.4. The van der Waals surface area contributed by atoms with Gasteiger partial charge in [0.1, 0.15) is 36.4 Å². The highest BCUT2D eigenvalue weighted by Gasteiger charge is 2.52. The number of sulfone groups is 2. The lowest BCUT2D eigenvalue weighted by atomic mass is 9.80. The third-order valence-electron chi connectivity index (χ3n) is 24.0. The lowest BCUT2D eigenvalue weighted by molar-refractivity contribution is -0.147. The Morgan fingerprint density at radius 1 is 0.512 bits per heavy atom. The Bertz CT molecular complexity index is 4370. The van der Waals surface area contributed by atoms with Crippen LogP contribution in [0.1, 0.15) is 221 Å². The van der Waals surface area contributed by atoms with Crippen LogP contribution in [0.4, 0.5) is 32.3 Å². The van der Waals surface area contributed by atoms with Gasteiger partial charge in [0.15, 0.2) is 19.7 Å². The molecule has 2 saturated heterocycles. The first-order chi connectivity index (χ1) is 56.4. The number of nitrogens with one attached hydrogen (secondary N) is 8. The van der Waals surface area contributed by atoms with E-state index in [1.165, 1.54) is 22.0 Å². The molecule has 8 atom stereocenters. The number of Topliss-reactive ketones (excluding diaryl/α,β-unsaturated/α-hetero) is 2. The number of rotatable bonds is 28. The van der Waals surface area contributed by atoms with E-state index in [2.05, 4.69) is 55.7 Å². The van der Waals surface area contributed by atoms with Gasteiger partial charge in [0.25, 0.3) is 11.8 Å². The molecule has 35 heteroatoms. The average molecular weight is 1740 g/mol. The Morgan fingerprint density at radius 2 is 0.876 bits per heavy atom. The van der Waals surface area contributed by atoms with E-state index < -0.39 is 190 Å². The summed E-state index contributed by atoms with van der Waals surface area (Å²) in [6, 6.07) is 5.47. The molecule has 2 aromatic carbocycles. The van der Waals surface area contributed by atoms with Crippen molar-refractivity contribution < 1.29 is 97.0 Å². The Kier molecular flexibility index (Phi) is 32.5. The molecule has 2 aromatic rings. The quantitative estimate of drug-likeness (QED) is 0.0291. The van der Waals surface area contributed by atoms with E-state index in [4.69, 9.17) is 9.47 Å². The molecule has 0 aromatic heterocycles. The van der Waals surface area contributed by atoms with Gasteiger partial charge in [-0.25, -0.2) is 36.0 Å². The Morgan fingerprint density at radius 3 is 1.21 bits per heavy atom. The molecule has 0 bridgehead atoms. The normalized spacial score (nSPS) is 21.0. The minimum atomic E-state index is -4.75. The van der Waals surface area contributed by atoms with Crippen LogP contribution in [0.3, 0.4) is 0 Å². The number of hydrogen-bond donors (Lipinski definition) is 8. The van der Waals surface area contributed by atoms with Gasteiger partial charge < -0.3 is 71.6 Å². The van der Waals surface area contributed by atoms with Crippen molar-refractivity contribution in [1.29, 1.82) is 0 Å². The molecule has 4 aliphatic heterocycles. The van der Waals surface area contributed by atoms with E-state index in [0.29, 0.717) is 71.0 Å². The molecule has 672 valence electrons. The number of ether oxygens (including phenoxy) is 2. The summed E-state index contributed by atoms with van der Waals surface area (Å²) in [5.74, 6) is -7.90. The molecule has 7 aliphatic rings. The monoisotopic (exact) mass is 1740 g/mol. The summed E-state index contributed by atoms with van der Waals surface area (Å²) in [5, 5.41) is 21.2. The fourth-order valence-electron chi connectivity index (χ4n) is 16.4. The first kappa shape index (κ1) is 97.3. The molecular formula is C86H127F3N12O18S2. The number of likely N-dealkylation sites (tertiary alicyclic amines) is 2. The number of carbonyl (C=O) groups is 12. The van der Waals surface area contributed by atoms with Crippen molar-refractivity contribution >= 4 is 90.9 Å². The van der Waals surface area contributed by atoms with Gasteiger partial charge >= 0.3 is 30.4 Å². The van der Waals surface area contributed by atoms with Crippen LogP contribution in [0.15, 0.2) is 73.8 Å². The number of alkyl halides is 3. The van der Waals surface area contributed by atoms with Crippen molar-refractivity contribution in [2.45, 2.75) is 300 Å². The molecule has 0 radical (unpaired) electrons. The third-order valence-corrected chi connectivity index (χ3v) is 29.6. The van der Waals surface area contributed by atoms with Crippen molar-refractivity contribution in [1.82, 2.24) is 62.1 Å². The van der Waals surface area contributed by atoms with Gasteiger partial charge in [-0.1, -0.05) is 160 Å². The molecule has 30 nitrogen and oxygen atoms in total. The number of halogens is 3. The Labute approximate surface area is 709 Å². The zero-order chi connectivity index (χ0) is 89.6. The maximum atomic E-state index is 14.8. The first-order valence-corrected chi connectivity index (χ1v) is 45.5. The Hall–Kier alpha value is -9.15. The summed E-state index contributed by atoms with van der Waals surface area (Å²) in [7, 11) is -7.34. The number of hydrogen-bond acceptors (Lipinski definition) is 18. The second-order valence-electron chi connectivity index (χ2n) is 37.6. The smallest absolute Gasteiger partial charge is 0.410 e. The van der Waals surface area contributed by atoms with E-state index in [1.807, 2.05) is 48.5 Å². The standard InChI is InChI=1S/C44H66N6O9S.C42H61F3N6O9S/c1-8-22-45-38(53)35(51)33(24-29-15-14-16-29)46-37(52)34-25-32(59-41(56)49-23-19-30-17-10-11-18-31(30)26-49)27-50(34)39(54)36(42(2,3)4)47-40(55)48-44(20-12-9-13-21-44)28-60(57,58)43(5,6)7;1-8-21-46-35(54)32(52)30(16-20-42(43,44)45)47-34(53)31-23-29(60-38(57)50-22-17-27-14-10-11-15-28(27)24-50)25-51(31)36(55)33(39(2,3)4)48-37(56)49-41(18-12-9-13-19-41)26-61(58,59)40(5,6)7/h8,10-11,17-18,29,32-34,36H,1,9,12-16,19-28H2,2-7H3,(H,45,53)(H,46,52)(H2,47,48,55);8,10-11,14-15,29-31,33H,1,9,12-13,16-26H2,2-7H3,(H,46,54)(H,47,53)(H2,48,49,56). The molecule has 121 heavy (non-hydrogen) atoms. The van der Waals surface area contributed by atoms with Crippen LogP contribution >= 0.6 is 0 Å². The number of ketones is 2. The van der Waals surface area contributed by atoms with Gasteiger partial charge in [-0.3, -0.25) is 38.4 Å². The first-order valence-electron chi connectivity index (χ1n) is 42.2. The highest BCUT2D eigenvalue weighted by Crippen LogP contribution is 2.38. The van der Waals surface area contributed by atoms with Crippen LogP contribution in [-0.2, 0) is 93.4 Å². The van der Waals surface area contributed by atoms with Gasteiger partial charge in [-0.2, -0.15) is 13.2 Å². The largest absolute Gasteiger partial charge is 0.444 e. The molecule has 12 amide bonds. The third kappa shape index (κ3) is 26.4. The topological polar surface area (TPSA) is 401 Å². The van der Waals surface area contributed by atoms with Crippen molar-refractivity contribution in [2.24, 2.45) is 16.7 Å². The van der Waals surface area contributed by atoms with Gasteiger partial charge in [0.05, 0.1) is 57.3 Å². The van der Waals surface area contributed by atoms with E-state index in [-0.39, 0.29) is 69.4 Å². The van der Waals surface area contributed by atoms with Gasteiger partial charge in [0.2, 0.25) is 35.2 Å². The number of amides is 12. The molecule has 8 N–H and O–H groups in total. The minimum absolute atomic E-state index is 0.0670. The van der Waals surface area contributed by atoms with E-state index in [1.54, 1.807) is 88.0 Å². The number of urea groups is 2. The fourth-order valence-corrected chi connectivity index (χ4v) is 19.4. The number of benzene rings is 2. The van der Waals surface area contributed by atoms with Gasteiger partial charge in [-0.15, -0.1) is 13.2 Å². The van der Waals surface area contributed by atoms with Gasteiger partial charge in [-0.05, 0) is 132 Å². The lowest BCUT2D eigenvalue weighted by Gasteiger charge is -2.41. The van der Waals surface area contributed by atoms with Crippen molar-refractivity contribution in [3.05, 3.63) is 96.1 Å². The summed E-state index contributed by atoms with van der Waals surface area (Å²) in [5.41, 5.74) is 0.0275. The predicted molar refractivity (Wildman–Crippen MR) is 448 cm³/mol. The number of fused-ring (bicyclic) bond motifs is 2. The summed E-state index contributed by atoms with van der Waals surface area (Å²) < 4.78 is 104. The molecule has 4 heterocycles. The molecule has 9 rings (SSSR count). The van der Waals surface area contributed by atoms with Crippen LogP contribution in [0.5, 0.6) is 0 Å². The van der Waals surface area contributed by atoms with Crippen LogP contribution < -0.4 is 42.5 Å². The summed E-state index contributed by atoms with van der Waals surface area (Å²) in [6.45, 7) is 27.6. The summed E-state index contributed by atoms with van der Waals surface area (Å²) in [4.78, 5) is 171. The van der Waals surface area contributed by atoms with Crippen molar-refractivity contribution in [3.8, 4) is 0 Å². The molecule has 3 saturated carbocycles. The van der Waals surface area contributed by atoms with Crippen molar-refractivity contribution in [2.75, 3.05) is 50.8 Å². The second-order valence-corrected chi connectivity index (χ2v) is 43.1. The fraction of sp³-hybridized carbons (Fsp3) is 0.674. The van der Waals surface area contributed by atoms with Crippen LogP contribution in [0.25, 0.3) is 0 Å². The van der Waals surface area contributed by atoms with E-state index in [0.717, 1.165) is 72.1 Å². The Balaban J connectivity index is 0.000000301. The highest BCUT2D eigenvalue weighted by atomic mass is 32.2. The molecule has 5 fully saturated rings. The zero-order valence-corrected chi connectivity index (χ0v) is 73.8. The van der Waals surface area contributed by atoms with Crippen LogP contribution in [-0.4, -0.2) is 234 Å². The molecule has 0 spiro atoms. The predicted octanol–water partition coefficient (Wildman–Crippen LogP) is 8.81. The summed E-state index contributed by atoms with van der Waals surface area (Å²) in [6.07, 6.45) is 2.08. The molecular weight excluding hydrogens is 1610 g/mol. The SMILES string of the molecule is C=CCNC(=O)C(=O)C(CC1CCC1)NC(=O)C1CC(OC(=O)N2CCc3ccccc3C2)CN1C(=O)C(NC(=O)NC1(CS(=O)(=O)C(C)(C)C)CCCCC1)C(C)(C)C.C=CCNC(=O)C(=O)C(CCC(F)(F)F)NC(=O)C1CC(OC(=O)N2CCc3ccccc3C2)CN1C(=O)C(NC(=O)NC1(CS(=O)(=O)C(C)(C)C)CCCCC1)C(C)(C)C. The average Bonchev–Trinajstić information content (AvgIpc) is 1.78. The van der Waals surface area contributed by atoms with Crippen LogP contribution in [0, 0.1) is 16.7 Å². The van der Waals surface area contributed by atoms with Crippen LogP contribution in [0.2, 0.25) is 0 Å². The summed E-state index contributed by atoms with van der Waals surface area (Å²) >= 11 is 0. The van der Waals surface area contributed by atoms with Crippen molar-refractivity contribution in [3.63, 3.8) is 0 Å². The van der Waals surface area contributed by atoms with Gasteiger partial charge in [0, 0.05) is 58.5 Å². The number of carbonyl (C=O) groups excluding carboxylic acids is 12. The lowest BCUT2D eigenvalue weighted by Crippen LogP contribution is -2.63. The zero-order valence-electron chi connectivity index (χ0n) is 72.2. The maximum Gasteiger partial charge on any atom is 0.410 e. The maximum absolute atomic E-state index is 14.8. The highest BCUT2D eigenvalue weighted by molar-refractivity contribution is 7.93. The van der Waals surface area contributed by atoms with E-state index in [9.17, 15) is 87.5 Å². The minimum Gasteiger partial charge on any atom is -0.444 e. The number of nitrogens with zero attached hydrogens (tertiary/aromatic N) is 4.